The van der Waals surface area contributed by atoms with Crippen molar-refractivity contribution in [1.82, 2.24) is 0 Å². The third-order valence-corrected chi connectivity index (χ3v) is 2.86. The van der Waals surface area contributed by atoms with E-state index in [9.17, 15) is 22.0 Å². The lowest BCUT2D eigenvalue weighted by Gasteiger charge is -2.15. The Balaban J connectivity index is 2.39. The molecule has 0 radical (unpaired) electrons. The Morgan fingerprint density at radius 3 is 2.26 bits per heavy atom. The molecule has 1 heterocycles. The van der Waals surface area contributed by atoms with Gasteiger partial charge in [0.1, 0.15) is 0 Å². The third kappa shape index (κ3) is 3.32. The van der Waals surface area contributed by atoms with Crippen molar-refractivity contribution in [3.63, 3.8) is 0 Å². The zero-order valence-electron chi connectivity index (χ0n) is 9.86. The Morgan fingerprint density at radius 2 is 1.68 bits per heavy atom. The number of halogens is 5. The maximum atomic E-state index is 13.2. The minimum atomic E-state index is -4.91. The Morgan fingerprint density at radius 1 is 1.05 bits per heavy atom. The van der Waals surface area contributed by atoms with Gasteiger partial charge in [0, 0.05) is 0 Å². The molecule has 0 unspecified atom stereocenters. The summed E-state index contributed by atoms with van der Waals surface area (Å²) in [4.78, 5) is 0. The topological polar surface area (TPSA) is 9.23 Å². The van der Waals surface area contributed by atoms with Crippen LogP contribution < -0.4 is 0 Å². The quantitative estimate of drug-likeness (QED) is 0.700. The molecule has 0 atom stereocenters. The van der Waals surface area contributed by atoms with Crippen molar-refractivity contribution in [2.24, 2.45) is 0 Å². The van der Waals surface area contributed by atoms with E-state index < -0.39 is 23.4 Å². The van der Waals surface area contributed by atoms with Crippen molar-refractivity contribution in [1.29, 1.82) is 0 Å². The highest BCUT2D eigenvalue weighted by Gasteiger charge is 2.35. The van der Waals surface area contributed by atoms with E-state index in [2.05, 4.69) is 0 Å². The minimum absolute atomic E-state index is 0.0168. The molecule has 1 aliphatic heterocycles. The van der Waals surface area contributed by atoms with Gasteiger partial charge in [0.2, 0.25) is 0 Å². The Labute approximate surface area is 106 Å². The van der Waals surface area contributed by atoms with Gasteiger partial charge in [-0.25, -0.2) is 8.78 Å². The van der Waals surface area contributed by atoms with Gasteiger partial charge < -0.3 is 4.74 Å². The van der Waals surface area contributed by atoms with Gasteiger partial charge in [0.05, 0.1) is 18.8 Å². The van der Waals surface area contributed by atoms with Crippen molar-refractivity contribution < 1.29 is 26.7 Å². The first-order valence-electron chi connectivity index (χ1n) is 5.71. The minimum Gasteiger partial charge on any atom is -0.381 e. The van der Waals surface area contributed by atoms with E-state index in [-0.39, 0.29) is 5.56 Å². The van der Waals surface area contributed by atoms with E-state index >= 15 is 0 Å². The normalized spacial score (nSPS) is 16.6. The number of hydrogen-bond acceptors (Lipinski definition) is 1. The predicted octanol–water partition coefficient (Wildman–Crippen LogP) is 4.18. The average molecular weight is 278 g/mol. The summed E-state index contributed by atoms with van der Waals surface area (Å²) in [6, 6.07) is 1.40. The highest BCUT2D eigenvalue weighted by molar-refractivity contribution is 5.54. The van der Waals surface area contributed by atoms with Crippen LogP contribution in [0.1, 0.15) is 24.0 Å². The maximum absolute atomic E-state index is 13.2. The van der Waals surface area contributed by atoms with E-state index in [0.29, 0.717) is 32.1 Å². The van der Waals surface area contributed by atoms with Gasteiger partial charge in [-0.3, -0.25) is 0 Å². The summed E-state index contributed by atoms with van der Waals surface area (Å²) in [7, 11) is 0. The van der Waals surface area contributed by atoms with Crippen LogP contribution in [-0.2, 0) is 10.9 Å². The first-order valence-corrected chi connectivity index (χ1v) is 5.71. The van der Waals surface area contributed by atoms with Crippen molar-refractivity contribution in [3.05, 3.63) is 40.5 Å². The van der Waals surface area contributed by atoms with Gasteiger partial charge in [0.15, 0.2) is 11.6 Å². The molecule has 0 saturated carbocycles. The second-order valence-electron chi connectivity index (χ2n) is 4.28. The number of alkyl halides is 3. The Hall–Kier alpha value is -1.43. The van der Waals surface area contributed by atoms with Crippen LogP contribution in [0.4, 0.5) is 22.0 Å². The molecular weight excluding hydrogens is 267 g/mol. The van der Waals surface area contributed by atoms with Crippen LogP contribution in [0.15, 0.2) is 17.7 Å². The average Bonchev–Trinajstić information content (AvgIpc) is 2.33. The summed E-state index contributed by atoms with van der Waals surface area (Å²) in [6.07, 6.45) is -2.28. The lowest BCUT2D eigenvalue weighted by Crippen LogP contribution is -2.10. The molecule has 6 heteroatoms. The summed E-state index contributed by atoms with van der Waals surface area (Å²) in [5, 5.41) is 0. The SMILES string of the molecule is Fc1cc(C=C2CCOCC2)cc(C(F)(F)F)c1F. The zero-order chi connectivity index (χ0) is 14.0. The summed E-state index contributed by atoms with van der Waals surface area (Å²) in [5.74, 6) is -3.35. The molecule has 1 saturated heterocycles. The largest absolute Gasteiger partial charge is 0.419 e. The molecule has 1 aromatic rings. The third-order valence-electron chi connectivity index (χ3n) is 2.86. The summed E-state index contributed by atoms with van der Waals surface area (Å²) in [6.45, 7) is 0.975. The summed E-state index contributed by atoms with van der Waals surface area (Å²) in [5.41, 5.74) is -0.695. The van der Waals surface area contributed by atoms with Crippen LogP contribution in [0, 0.1) is 11.6 Å². The summed E-state index contributed by atoms with van der Waals surface area (Å²) < 4.78 is 69.0. The lowest BCUT2D eigenvalue weighted by molar-refractivity contribution is -0.140. The molecule has 1 fully saturated rings. The molecule has 0 aliphatic carbocycles. The van der Waals surface area contributed by atoms with E-state index in [1.54, 1.807) is 0 Å². The fraction of sp³-hybridized carbons (Fsp3) is 0.385. The molecule has 0 N–H and O–H groups in total. The van der Waals surface area contributed by atoms with Crippen LogP contribution in [-0.4, -0.2) is 13.2 Å². The van der Waals surface area contributed by atoms with E-state index in [1.807, 2.05) is 0 Å². The van der Waals surface area contributed by atoms with Gasteiger partial charge in [-0.2, -0.15) is 13.2 Å². The number of rotatable bonds is 1. The van der Waals surface area contributed by atoms with Crippen LogP contribution in [0.25, 0.3) is 6.08 Å². The first kappa shape index (κ1) is 14.0. The van der Waals surface area contributed by atoms with Crippen LogP contribution in [0.5, 0.6) is 0 Å². The number of hydrogen-bond donors (Lipinski definition) is 0. The van der Waals surface area contributed by atoms with Crippen molar-refractivity contribution in [3.8, 4) is 0 Å². The molecule has 0 bridgehead atoms. The molecule has 0 amide bonds. The molecule has 0 spiro atoms. The molecule has 2 rings (SSSR count). The zero-order valence-corrected chi connectivity index (χ0v) is 9.86. The monoisotopic (exact) mass is 278 g/mol. The van der Waals surface area contributed by atoms with Gasteiger partial charge in [-0.15, -0.1) is 0 Å². The smallest absolute Gasteiger partial charge is 0.381 e. The van der Waals surface area contributed by atoms with E-state index in [0.717, 1.165) is 11.6 Å². The van der Waals surface area contributed by atoms with Crippen LogP contribution in [0.3, 0.4) is 0 Å². The fourth-order valence-electron chi connectivity index (χ4n) is 1.91. The van der Waals surface area contributed by atoms with Crippen molar-refractivity contribution in [2.75, 3.05) is 13.2 Å². The van der Waals surface area contributed by atoms with Gasteiger partial charge in [-0.1, -0.05) is 11.6 Å². The molecule has 0 aromatic heterocycles. The second-order valence-corrected chi connectivity index (χ2v) is 4.28. The molecule has 1 aromatic carbocycles. The van der Waals surface area contributed by atoms with Gasteiger partial charge >= 0.3 is 6.18 Å². The van der Waals surface area contributed by atoms with E-state index in [4.69, 9.17) is 4.74 Å². The highest BCUT2D eigenvalue weighted by atomic mass is 19.4. The standard InChI is InChI=1S/C13H11F5O/c14-11-7-9(5-8-1-3-19-4-2-8)6-10(12(11)15)13(16,17)18/h5-7H,1-4H2. The molecule has 1 nitrogen and oxygen atoms in total. The lowest BCUT2D eigenvalue weighted by atomic mass is 10.0. The molecule has 104 valence electrons. The predicted molar refractivity (Wildman–Crippen MR) is 59.4 cm³/mol. The fourth-order valence-corrected chi connectivity index (χ4v) is 1.91. The first-order chi connectivity index (χ1) is 8.88. The van der Waals surface area contributed by atoms with Gasteiger partial charge in [-0.05, 0) is 30.5 Å². The van der Waals surface area contributed by atoms with Crippen LogP contribution >= 0.6 is 0 Å². The molecule has 19 heavy (non-hydrogen) atoms. The molecular formula is C13H11F5O. The highest BCUT2D eigenvalue weighted by Crippen LogP contribution is 2.33. The van der Waals surface area contributed by atoms with Crippen molar-refractivity contribution in [2.45, 2.75) is 19.0 Å². The molecule has 1 aliphatic rings. The van der Waals surface area contributed by atoms with Gasteiger partial charge in [0.25, 0.3) is 0 Å². The Bertz CT molecular complexity index is 496. The van der Waals surface area contributed by atoms with Crippen molar-refractivity contribution >= 4 is 6.08 Å². The maximum Gasteiger partial charge on any atom is 0.419 e. The summed E-state index contributed by atoms with van der Waals surface area (Å²) >= 11 is 0. The number of ether oxygens (including phenoxy) is 1. The Kier molecular flexibility index (Phi) is 3.89. The number of benzene rings is 1. The van der Waals surface area contributed by atoms with Crippen LogP contribution in [0.2, 0.25) is 0 Å². The van der Waals surface area contributed by atoms with E-state index in [1.165, 1.54) is 6.08 Å². The second kappa shape index (κ2) is 5.28.